The van der Waals surface area contributed by atoms with Gasteiger partial charge in [-0.15, -0.1) is 0 Å². The molecule has 0 amide bonds. The Bertz CT molecular complexity index is 324. The second kappa shape index (κ2) is 5.66. The second-order valence-electron chi connectivity index (χ2n) is 2.86. The van der Waals surface area contributed by atoms with Gasteiger partial charge in [-0.3, -0.25) is 9.99 Å². The van der Waals surface area contributed by atoms with E-state index in [1.807, 2.05) is 12.1 Å². The van der Waals surface area contributed by atoms with E-state index in [0.717, 1.165) is 19.4 Å². The van der Waals surface area contributed by atoms with E-state index in [1.54, 1.807) is 0 Å². The lowest BCUT2D eigenvalue weighted by Crippen LogP contribution is -2.37. The molecule has 5 nitrogen and oxygen atoms in total. The van der Waals surface area contributed by atoms with Gasteiger partial charge in [0.15, 0.2) is 0 Å². The third-order valence-electron chi connectivity index (χ3n) is 1.83. The molecule has 0 unspecified atom stereocenters. The maximum atomic E-state index is 4.92. The van der Waals surface area contributed by atoms with Crippen LogP contribution >= 0.6 is 12.2 Å². The molecule has 0 spiro atoms. The van der Waals surface area contributed by atoms with Gasteiger partial charge in [0, 0.05) is 13.6 Å². The quantitative estimate of drug-likeness (QED) is 0.570. The van der Waals surface area contributed by atoms with Crippen LogP contribution in [0.5, 0.6) is 0 Å². The minimum absolute atomic E-state index is 0.451. The maximum absolute atomic E-state index is 4.92. The summed E-state index contributed by atoms with van der Waals surface area (Å²) < 4.78 is 0.451. The van der Waals surface area contributed by atoms with Gasteiger partial charge in [0.2, 0.25) is 10.7 Å². The summed E-state index contributed by atoms with van der Waals surface area (Å²) in [5, 5.41) is 1.92. The molecule has 1 heterocycles. The lowest BCUT2D eigenvalue weighted by atomic mass is 10.3. The van der Waals surface area contributed by atoms with Crippen LogP contribution in [0.25, 0.3) is 0 Å². The van der Waals surface area contributed by atoms with Crippen LogP contribution in [-0.2, 0) is 0 Å². The number of nitrogens with zero attached hydrogens (tertiary/aromatic N) is 3. The smallest absolute Gasteiger partial charge is 0.221 e. The number of unbranched alkanes of at least 4 members (excludes halogenated alkanes) is 1. The molecule has 6 heteroatoms. The summed E-state index contributed by atoms with van der Waals surface area (Å²) in [7, 11) is 1.86. The summed E-state index contributed by atoms with van der Waals surface area (Å²) >= 11 is 4.92. The van der Waals surface area contributed by atoms with Gasteiger partial charge in [-0.2, -0.15) is 0 Å². The van der Waals surface area contributed by atoms with Gasteiger partial charge in [0.25, 0.3) is 0 Å². The molecule has 78 valence electrons. The van der Waals surface area contributed by atoms with Crippen molar-refractivity contribution in [3.05, 3.63) is 11.1 Å². The minimum Gasteiger partial charge on any atom is -0.300 e. The topological polar surface area (TPSA) is 56.8 Å². The molecule has 0 saturated carbocycles. The van der Waals surface area contributed by atoms with Gasteiger partial charge in [0.1, 0.15) is 6.33 Å². The highest BCUT2D eigenvalue weighted by molar-refractivity contribution is 7.71. The highest BCUT2D eigenvalue weighted by Gasteiger charge is 2.04. The lowest BCUT2D eigenvalue weighted by Gasteiger charge is -2.20. The van der Waals surface area contributed by atoms with Gasteiger partial charge in [-0.25, -0.2) is 15.4 Å². The predicted octanol–water partition coefficient (Wildman–Crippen LogP) is 1.28. The van der Waals surface area contributed by atoms with Gasteiger partial charge in [-0.1, -0.05) is 13.3 Å². The minimum atomic E-state index is 0.451. The van der Waals surface area contributed by atoms with E-state index in [1.165, 1.54) is 6.33 Å². The number of anilines is 1. The largest absolute Gasteiger partial charge is 0.300 e. The molecule has 1 rings (SSSR count). The van der Waals surface area contributed by atoms with Crippen molar-refractivity contribution >= 4 is 18.2 Å². The van der Waals surface area contributed by atoms with E-state index in [0.29, 0.717) is 10.7 Å². The monoisotopic (exact) mass is 213 g/mol. The molecule has 0 bridgehead atoms. The van der Waals surface area contributed by atoms with Gasteiger partial charge in [-0.05, 0) is 18.6 Å². The number of hydrogen-bond donors (Lipinski definition) is 2. The summed E-state index contributed by atoms with van der Waals surface area (Å²) in [6, 6.07) is 0. The normalized spacial score (nSPS) is 10.1. The van der Waals surface area contributed by atoms with Crippen LogP contribution < -0.4 is 10.4 Å². The Morgan fingerprint density at radius 1 is 1.57 bits per heavy atom. The Morgan fingerprint density at radius 2 is 2.36 bits per heavy atom. The molecule has 0 aliphatic heterocycles. The molecular weight excluding hydrogens is 198 g/mol. The first-order chi connectivity index (χ1) is 6.77. The SMILES string of the molecule is CCCCN(NC)c1ncnc(=S)[nH]1. The summed E-state index contributed by atoms with van der Waals surface area (Å²) in [4.78, 5) is 10.8. The van der Waals surface area contributed by atoms with E-state index >= 15 is 0 Å². The molecule has 1 aromatic rings. The highest BCUT2D eigenvalue weighted by atomic mass is 32.1. The lowest BCUT2D eigenvalue weighted by molar-refractivity contribution is 0.635. The Balaban J connectivity index is 2.73. The number of H-pyrrole nitrogens is 1. The van der Waals surface area contributed by atoms with Crippen molar-refractivity contribution in [3.63, 3.8) is 0 Å². The van der Waals surface area contributed by atoms with E-state index in [4.69, 9.17) is 12.2 Å². The molecule has 14 heavy (non-hydrogen) atoms. The molecule has 0 radical (unpaired) electrons. The predicted molar refractivity (Wildman–Crippen MR) is 58.5 cm³/mol. The van der Waals surface area contributed by atoms with Crippen molar-refractivity contribution in [2.75, 3.05) is 18.6 Å². The fourth-order valence-corrected chi connectivity index (χ4v) is 1.21. The third kappa shape index (κ3) is 3.04. The first kappa shape index (κ1) is 11.1. The summed E-state index contributed by atoms with van der Waals surface area (Å²) in [5.74, 6) is 0.709. The Morgan fingerprint density at radius 3 is 2.93 bits per heavy atom. The standard InChI is InChI=1S/C8H15N5S/c1-3-4-5-13(9-2)7-10-6-11-8(14)12-7/h6,9H,3-5H2,1-2H3,(H,10,11,12,14). The summed E-state index contributed by atoms with van der Waals surface area (Å²) in [5.41, 5.74) is 3.05. The van der Waals surface area contributed by atoms with Crippen molar-refractivity contribution in [2.24, 2.45) is 0 Å². The molecule has 0 atom stereocenters. The Labute approximate surface area is 88.6 Å². The number of aromatic amines is 1. The fraction of sp³-hybridized carbons (Fsp3) is 0.625. The van der Waals surface area contributed by atoms with Crippen molar-refractivity contribution in [1.29, 1.82) is 0 Å². The third-order valence-corrected chi connectivity index (χ3v) is 2.04. The fourth-order valence-electron chi connectivity index (χ4n) is 1.07. The molecule has 0 saturated heterocycles. The highest BCUT2D eigenvalue weighted by Crippen LogP contribution is 2.02. The zero-order chi connectivity index (χ0) is 10.4. The van der Waals surface area contributed by atoms with Crippen molar-refractivity contribution in [2.45, 2.75) is 19.8 Å². The second-order valence-corrected chi connectivity index (χ2v) is 3.24. The summed E-state index contributed by atoms with van der Waals surface area (Å²) in [6.07, 6.45) is 3.71. The number of nitrogens with one attached hydrogen (secondary N) is 2. The van der Waals surface area contributed by atoms with Gasteiger partial charge < -0.3 is 0 Å². The van der Waals surface area contributed by atoms with Gasteiger partial charge in [0.05, 0.1) is 0 Å². The van der Waals surface area contributed by atoms with Crippen LogP contribution in [0.2, 0.25) is 0 Å². The van der Waals surface area contributed by atoms with E-state index in [9.17, 15) is 0 Å². The average molecular weight is 213 g/mol. The van der Waals surface area contributed by atoms with E-state index in [-0.39, 0.29) is 0 Å². The number of rotatable bonds is 5. The number of hydrazine groups is 1. The first-order valence-corrected chi connectivity index (χ1v) is 5.05. The number of aromatic nitrogens is 3. The zero-order valence-electron chi connectivity index (χ0n) is 8.45. The molecule has 1 aromatic heterocycles. The zero-order valence-corrected chi connectivity index (χ0v) is 9.27. The van der Waals surface area contributed by atoms with Crippen LogP contribution in [0.15, 0.2) is 6.33 Å². The Hall–Kier alpha value is -1.01. The maximum Gasteiger partial charge on any atom is 0.221 e. The van der Waals surface area contributed by atoms with E-state index in [2.05, 4.69) is 27.3 Å². The summed E-state index contributed by atoms with van der Waals surface area (Å²) in [6.45, 7) is 3.05. The molecule has 0 fully saturated rings. The van der Waals surface area contributed by atoms with Crippen molar-refractivity contribution in [3.8, 4) is 0 Å². The van der Waals surface area contributed by atoms with Gasteiger partial charge >= 0.3 is 0 Å². The van der Waals surface area contributed by atoms with Crippen molar-refractivity contribution < 1.29 is 0 Å². The first-order valence-electron chi connectivity index (χ1n) is 4.64. The van der Waals surface area contributed by atoms with Crippen LogP contribution in [0.1, 0.15) is 19.8 Å². The average Bonchev–Trinajstić information content (AvgIpc) is 2.19. The van der Waals surface area contributed by atoms with Crippen molar-refractivity contribution in [1.82, 2.24) is 20.4 Å². The molecule has 0 aromatic carbocycles. The van der Waals surface area contributed by atoms with Crippen LogP contribution in [0.4, 0.5) is 5.95 Å². The molecule has 0 aliphatic carbocycles. The number of hydrogen-bond acceptors (Lipinski definition) is 5. The van der Waals surface area contributed by atoms with Crippen LogP contribution in [-0.4, -0.2) is 28.5 Å². The molecule has 2 N–H and O–H groups in total. The molecular formula is C8H15N5S. The van der Waals surface area contributed by atoms with Crippen LogP contribution in [0.3, 0.4) is 0 Å². The Kier molecular flexibility index (Phi) is 4.48. The van der Waals surface area contributed by atoms with Crippen LogP contribution in [0, 0.1) is 4.77 Å². The molecule has 0 aliphatic rings. The van der Waals surface area contributed by atoms with E-state index < -0.39 is 0 Å².